The average Bonchev–Trinajstić information content (AvgIpc) is 2.79. The smallest absolute Gasteiger partial charge is 0.243 e. The van der Waals surface area contributed by atoms with Crippen LogP contribution in [0.15, 0.2) is 78.9 Å². The number of anilines is 1. The van der Waals surface area contributed by atoms with E-state index in [2.05, 4.69) is 5.32 Å². The van der Waals surface area contributed by atoms with Crippen LogP contribution in [0.1, 0.15) is 6.92 Å². The summed E-state index contributed by atoms with van der Waals surface area (Å²) in [7, 11) is -3.75. The summed E-state index contributed by atoms with van der Waals surface area (Å²) in [5.41, 5.74) is 0.336. The Kier molecular flexibility index (Phi) is 7.89. The highest BCUT2D eigenvalue weighted by molar-refractivity contribution is 7.92. The molecular weight excluding hydrogens is 447 g/mol. The number of benzene rings is 3. The number of ether oxygens (including phenoxy) is 2. The van der Waals surface area contributed by atoms with Crippen LogP contribution >= 0.6 is 0 Å². The second kappa shape index (κ2) is 10.8. The number of sulfonamides is 1. The Labute approximate surface area is 192 Å². The van der Waals surface area contributed by atoms with Gasteiger partial charge in [-0.25, -0.2) is 12.8 Å². The van der Waals surface area contributed by atoms with E-state index in [9.17, 15) is 17.6 Å². The van der Waals surface area contributed by atoms with E-state index < -0.39 is 22.0 Å². The molecule has 33 heavy (non-hydrogen) atoms. The molecule has 1 unspecified atom stereocenters. The summed E-state index contributed by atoms with van der Waals surface area (Å²) in [5, 5.41) is 2.66. The van der Waals surface area contributed by atoms with Crippen molar-refractivity contribution in [1.29, 1.82) is 0 Å². The van der Waals surface area contributed by atoms with Gasteiger partial charge < -0.3 is 14.8 Å². The van der Waals surface area contributed by atoms with E-state index in [-0.39, 0.29) is 19.0 Å². The highest BCUT2D eigenvalue weighted by atomic mass is 32.2. The van der Waals surface area contributed by atoms with Gasteiger partial charge in [0.05, 0.1) is 18.5 Å². The van der Waals surface area contributed by atoms with Crippen molar-refractivity contribution in [3.05, 3.63) is 84.7 Å². The summed E-state index contributed by atoms with van der Waals surface area (Å²) in [6.45, 7) is 1.81. The number of carbonyl (C=O) groups excluding carboxylic acids is 1. The number of para-hydroxylation sites is 1. The van der Waals surface area contributed by atoms with Crippen LogP contribution in [0.5, 0.6) is 17.2 Å². The van der Waals surface area contributed by atoms with Crippen LogP contribution in [0.25, 0.3) is 0 Å². The summed E-state index contributed by atoms with van der Waals surface area (Å²) in [6.07, 6.45) is 1.04. The lowest BCUT2D eigenvalue weighted by atomic mass is 10.2. The number of amides is 1. The van der Waals surface area contributed by atoms with Gasteiger partial charge in [0.2, 0.25) is 15.9 Å². The molecule has 3 aromatic carbocycles. The molecule has 0 aliphatic heterocycles. The van der Waals surface area contributed by atoms with Gasteiger partial charge in [0.1, 0.15) is 35.7 Å². The number of halogens is 1. The van der Waals surface area contributed by atoms with Gasteiger partial charge in [-0.3, -0.25) is 9.10 Å². The van der Waals surface area contributed by atoms with E-state index in [1.807, 2.05) is 30.3 Å². The quantitative estimate of drug-likeness (QED) is 0.452. The van der Waals surface area contributed by atoms with E-state index in [1.54, 1.807) is 24.3 Å². The van der Waals surface area contributed by atoms with Gasteiger partial charge in [-0.1, -0.05) is 18.2 Å². The van der Waals surface area contributed by atoms with E-state index in [0.29, 0.717) is 22.9 Å². The van der Waals surface area contributed by atoms with Gasteiger partial charge in [0.15, 0.2) is 0 Å². The SMILES string of the molecule is CC(C(=O)NCCOc1ccc(F)cc1)N(c1ccc(Oc2ccccc2)cc1)S(C)(=O)=O. The zero-order valence-corrected chi connectivity index (χ0v) is 19.1. The Morgan fingerprint density at radius 2 is 1.52 bits per heavy atom. The molecule has 0 aliphatic carbocycles. The molecule has 7 nitrogen and oxygen atoms in total. The Morgan fingerprint density at radius 1 is 0.939 bits per heavy atom. The topological polar surface area (TPSA) is 84.9 Å². The molecule has 1 atom stereocenters. The minimum absolute atomic E-state index is 0.147. The van der Waals surface area contributed by atoms with Gasteiger partial charge in [0.25, 0.3) is 0 Å². The van der Waals surface area contributed by atoms with Crippen molar-refractivity contribution in [3.63, 3.8) is 0 Å². The second-order valence-corrected chi connectivity index (χ2v) is 9.10. The first-order valence-electron chi connectivity index (χ1n) is 10.2. The molecule has 0 saturated carbocycles. The van der Waals surface area contributed by atoms with Gasteiger partial charge in [-0.2, -0.15) is 0 Å². The maximum atomic E-state index is 12.9. The lowest BCUT2D eigenvalue weighted by Crippen LogP contribution is -2.48. The third-order valence-electron chi connectivity index (χ3n) is 4.64. The number of rotatable bonds is 10. The van der Waals surface area contributed by atoms with Gasteiger partial charge in [0, 0.05) is 0 Å². The molecule has 0 radical (unpaired) electrons. The van der Waals surface area contributed by atoms with Crippen molar-refractivity contribution < 1.29 is 27.1 Å². The molecule has 3 rings (SSSR count). The van der Waals surface area contributed by atoms with Gasteiger partial charge in [-0.05, 0) is 67.6 Å². The molecule has 0 spiro atoms. The van der Waals surface area contributed by atoms with Crippen LogP contribution in [-0.2, 0) is 14.8 Å². The van der Waals surface area contributed by atoms with Crippen LogP contribution < -0.4 is 19.1 Å². The summed E-state index contributed by atoms with van der Waals surface area (Å²) in [6, 6.07) is 20.2. The molecule has 0 heterocycles. The van der Waals surface area contributed by atoms with Crippen molar-refractivity contribution in [2.45, 2.75) is 13.0 Å². The molecular formula is C24H25FN2O5S. The molecule has 1 amide bonds. The number of nitrogens with one attached hydrogen (secondary N) is 1. The van der Waals surface area contributed by atoms with Gasteiger partial charge in [-0.15, -0.1) is 0 Å². The molecule has 3 aromatic rings. The number of nitrogens with zero attached hydrogens (tertiary/aromatic N) is 1. The largest absolute Gasteiger partial charge is 0.492 e. The molecule has 0 aliphatic rings. The lowest BCUT2D eigenvalue weighted by molar-refractivity contribution is -0.121. The Bertz CT molecular complexity index is 1150. The standard InChI is InChI=1S/C24H25FN2O5S/c1-18(24(28)26-16-17-31-21-12-8-19(25)9-13-21)27(33(2,29)30)20-10-14-23(15-11-20)32-22-6-4-3-5-7-22/h3-15,18H,16-17H2,1-2H3,(H,26,28). The second-order valence-electron chi connectivity index (χ2n) is 7.24. The summed E-state index contributed by atoms with van der Waals surface area (Å²) < 4.78 is 50.1. The summed E-state index contributed by atoms with van der Waals surface area (Å²) in [5.74, 6) is 0.807. The van der Waals surface area contributed by atoms with Crippen LogP contribution in [0.4, 0.5) is 10.1 Å². The van der Waals surface area contributed by atoms with E-state index in [1.165, 1.54) is 31.2 Å². The van der Waals surface area contributed by atoms with Crippen molar-refractivity contribution in [3.8, 4) is 17.2 Å². The summed E-state index contributed by atoms with van der Waals surface area (Å²) in [4.78, 5) is 12.6. The molecule has 9 heteroatoms. The minimum atomic E-state index is -3.75. The first-order valence-corrected chi connectivity index (χ1v) is 12.1. The maximum Gasteiger partial charge on any atom is 0.243 e. The normalized spacial score (nSPS) is 12.0. The zero-order chi connectivity index (χ0) is 23.8. The lowest BCUT2D eigenvalue weighted by Gasteiger charge is -2.28. The predicted molar refractivity (Wildman–Crippen MR) is 125 cm³/mol. The number of hydrogen-bond donors (Lipinski definition) is 1. The monoisotopic (exact) mass is 472 g/mol. The molecule has 1 N–H and O–H groups in total. The fourth-order valence-electron chi connectivity index (χ4n) is 3.12. The van der Waals surface area contributed by atoms with E-state index >= 15 is 0 Å². The van der Waals surface area contributed by atoms with E-state index in [0.717, 1.165) is 10.6 Å². The fraction of sp³-hybridized carbons (Fsp3) is 0.208. The number of carbonyl (C=O) groups is 1. The molecule has 0 bridgehead atoms. The van der Waals surface area contributed by atoms with E-state index in [4.69, 9.17) is 9.47 Å². The first kappa shape index (κ1) is 24.1. The molecule has 0 saturated heterocycles. The van der Waals surface area contributed by atoms with Crippen LogP contribution in [0.2, 0.25) is 0 Å². The van der Waals surface area contributed by atoms with Crippen LogP contribution in [-0.4, -0.2) is 39.8 Å². The Hall–Kier alpha value is -3.59. The Morgan fingerprint density at radius 3 is 2.12 bits per heavy atom. The molecule has 174 valence electrons. The fourth-order valence-corrected chi connectivity index (χ4v) is 4.29. The van der Waals surface area contributed by atoms with Crippen molar-refractivity contribution in [1.82, 2.24) is 5.32 Å². The van der Waals surface area contributed by atoms with Crippen molar-refractivity contribution in [2.24, 2.45) is 0 Å². The third kappa shape index (κ3) is 6.95. The number of hydrogen-bond acceptors (Lipinski definition) is 5. The van der Waals surface area contributed by atoms with Crippen LogP contribution in [0, 0.1) is 5.82 Å². The van der Waals surface area contributed by atoms with Gasteiger partial charge >= 0.3 is 0 Å². The average molecular weight is 473 g/mol. The Balaban J connectivity index is 1.61. The van der Waals surface area contributed by atoms with Crippen LogP contribution in [0.3, 0.4) is 0 Å². The molecule has 0 fully saturated rings. The summed E-state index contributed by atoms with van der Waals surface area (Å²) >= 11 is 0. The minimum Gasteiger partial charge on any atom is -0.492 e. The van der Waals surface area contributed by atoms with Crippen molar-refractivity contribution >= 4 is 21.6 Å². The first-order chi connectivity index (χ1) is 15.7. The highest BCUT2D eigenvalue weighted by Crippen LogP contribution is 2.26. The predicted octanol–water partition coefficient (Wildman–Crippen LogP) is 3.97. The maximum absolute atomic E-state index is 12.9. The zero-order valence-electron chi connectivity index (χ0n) is 18.3. The third-order valence-corrected chi connectivity index (χ3v) is 5.88. The van der Waals surface area contributed by atoms with Crippen molar-refractivity contribution in [2.75, 3.05) is 23.7 Å². The highest BCUT2D eigenvalue weighted by Gasteiger charge is 2.29. The molecule has 0 aromatic heterocycles.